The van der Waals surface area contributed by atoms with Crippen molar-refractivity contribution in [1.29, 1.82) is 0 Å². The third-order valence-corrected chi connectivity index (χ3v) is 8.82. The normalized spacial score (nSPS) is 11.4. The molecule has 0 fully saturated rings. The molecule has 0 aliphatic heterocycles. The molecule has 180 valence electrons. The van der Waals surface area contributed by atoms with E-state index in [1.165, 1.54) is 75.5 Å². The van der Waals surface area contributed by atoms with Crippen LogP contribution in [0, 0.1) is 6.92 Å². The van der Waals surface area contributed by atoms with Gasteiger partial charge >= 0.3 is 0 Å². The van der Waals surface area contributed by atoms with Gasteiger partial charge in [0.1, 0.15) is 0 Å². The van der Waals surface area contributed by atoms with Crippen molar-refractivity contribution in [2.75, 3.05) is 0 Å². The molecule has 0 spiro atoms. The maximum Gasteiger partial charge on any atom is 0.0430 e. The minimum Gasteiger partial charge on any atom is -0.135 e. The molecule has 7 aromatic rings. The fourth-order valence-electron chi connectivity index (χ4n) is 5.86. The third-order valence-electron chi connectivity index (χ3n) is 7.60. The van der Waals surface area contributed by atoms with Gasteiger partial charge in [0.05, 0.1) is 0 Å². The lowest BCUT2D eigenvalue weighted by atomic mass is 9.85. The van der Waals surface area contributed by atoms with Gasteiger partial charge in [-0.3, -0.25) is 0 Å². The van der Waals surface area contributed by atoms with Crippen molar-refractivity contribution >= 4 is 49.0 Å². The largest absolute Gasteiger partial charge is 0.135 e. The summed E-state index contributed by atoms with van der Waals surface area (Å²) in [5.74, 6) is 0. The molecule has 6 aromatic carbocycles. The number of fused-ring (bicyclic) bond motifs is 3. The summed E-state index contributed by atoms with van der Waals surface area (Å²) in [7, 11) is 0. The van der Waals surface area contributed by atoms with Crippen LogP contribution in [0.3, 0.4) is 0 Å². The highest BCUT2D eigenvalue weighted by Crippen LogP contribution is 2.46. The van der Waals surface area contributed by atoms with Gasteiger partial charge in [-0.1, -0.05) is 122 Å². The van der Waals surface area contributed by atoms with Crippen LogP contribution in [-0.2, 0) is 0 Å². The van der Waals surface area contributed by atoms with Gasteiger partial charge in [0, 0.05) is 20.5 Å². The van der Waals surface area contributed by atoms with Gasteiger partial charge in [-0.05, 0) is 74.0 Å². The van der Waals surface area contributed by atoms with Crippen LogP contribution in [0.15, 0.2) is 128 Å². The Morgan fingerprint density at radius 1 is 0.553 bits per heavy atom. The maximum atomic E-state index is 4.22. The molecular formula is C37H26S. The summed E-state index contributed by atoms with van der Waals surface area (Å²) in [5.41, 5.74) is 8.86. The van der Waals surface area contributed by atoms with Crippen molar-refractivity contribution in [2.24, 2.45) is 0 Å². The van der Waals surface area contributed by atoms with Gasteiger partial charge in [0.2, 0.25) is 0 Å². The van der Waals surface area contributed by atoms with Crippen molar-refractivity contribution in [3.8, 4) is 32.7 Å². The topological polar surface area (TPSA) is 0 Å². The van der Waals surface area contributed by atoms with Crippen molar-refractivity contribution in [1.82, 2.24) is 0 Å². The van der Waals surface area contributed by atoms with Crippen LogP contribution < -0.4 is 0 Å². The van der Waals surface area contributed by atoms with Crippen LogP contribution in [0.25, 0.3) is 70.4 Å². The Kier molecular flexibility index (Phi) is 5.46. The summed E-state index contributed by atoms with van der Waals surface area (Å²) >= 11 is 1.86. The predicted octanol–water partition coefficient (Wildman–Crippen LogP) is 11.2. The van der Waals surface area contributed by atoms with Crippen LogP contribution in [-0.4, -0.2) is 0 Å². The third kappa shape index (κ3) is 3.51. The van der Waals surface area contributed by atoms with Crippen LogP contribution in [0.2, 0.25) is 0 Å². The molecule has 0 saturated carbocycles. The fraction of sp³-hybridized carbons (Fsp3) is 0.0270. The van der Waals surface area contributed by atoms with Crippen molar-refractivity contribution in [3.05, 3.63) is 139 Å². The lowest BCUT2D eigenvalue weighted by Crippen LogP contribution is -1.90. The van der Waals surface area contributed by atoms with E-state index in [4.69, 9.17) is 0 Å². The lowest BCUT2D eigenvalue weighted by molar-refractivity contribution is 1.48. The Bertz CT molecular complexity index is 1930. The highest BCUT2D eigenvalue weighted by atomic mass is 32.1. The molecule has 1 aromatic heterocycles. The maximum absolute atomic E-state index is 4.22. The number of aryl methyl sites for hydroxylation is 1. The smallest absolute Gasteiger partial charge is 0.0430 e. The van der Waals surface area contributed by atoms with E-state index in [1.807, 2.05) is 17.4 Å². The van der Waals surface area contributed by atoms with Gasteiger partial charge in [0.15, 0.2) is 0 Å². The Morgan fingerprint density at radius 2 is 1.11 bits per heavy atom. The van der Waals surface area contributed by atoms with Crippen molar-refractivity contribution in [2.45, 2.75) is 6.92 Å². The van der Waals surface area contributed by atoms with Crippen LogP contribution in [0.4, 0.5) is 0 Å². The van der Waals surface area contributed by atoms with E-state index in [0.29, 0.717) is 0 Å². The quantitative estimate of drug-likeness (QED) is 0.210. The molecule has 0 nitrogen and oxygen atoms in total. The standard InChI is InChI=1S/C37H26S/c1-3-27-33-23-26(21-22-34(33)38-37(27)28-16-8-7-13-24(28)2)36-31-19-11-9-17-29(31)35(25-14-5-4-6-15-25)30-18-10-12-20-32(30)36/h3-23H,1H2,2H3. The zero-order valence-corrected chi connectivity index (χ0v) is 22.1. The summed E-state index contributed by atoms with van der Waals surface area (Å²) in [4.78, 5) is 1.29. The second kappa shape index (κ2) is 9.13. The highest BCUT2D eigenvalue weighted by molar-refractivity contribution is 7.22. The average Bonchev–Trinajstić information content (AvgIpc) is 3.34. The van der Waals surface area contributed by atoms with Gasteiger partial charge in [-0.2, -0.15) is 0 Å². The zero-order chi connectivity index (χ0) is 25.6. The SMILES string of the molecule is C=Cc1c(-c2ccccc2C)sc2ccc(-c3c4ccccc4c(-c4ccccc4)c4ccccc34)cc12. The van der Waals surface area contributed by atoms with Gasteiger partial charge < -0.3 is 0 Å². The second-order valence-electron chi connectivity index (χ2n) is 9.78. The monoisotopic (exact) mass is 502 g/mol. The van der Waals surface area contributed by atoms with E-state index in [9.17, 15) is 0 Å². The Morgan fingerprint density at radius 3 is 1.71 bits per heavy atom. The van der Waals surface area contributed by atoms with E-state index in [-0.39, 0.29) is 0 Å². The van der Waals surface area contributed by atoms with Gasteiger partial charge in [-0.15, -0.1) is 11.3 Å². The highest BCUT2D eigenvalue weighted by Gasteiger charge is 2.18. The zero-order valence-electron chi connectivity index (χ0n) is 21.2. The van der Waals surface area contributed by atoms with Crippen LogP contribution in [0.5, 0.6) is 0 Å². The van der Waals surface area contributed by atoms with E-state index < -0.39 is 0 Å². The lowest BCUT2D eigenvalue weighted by Gasteiger charge is -2.17. The first-order valence-electron chi connectivity index (χ1n) is 13.0. The molecular weight excluding hydrogens is 476 g/mol. The summed E-state index contributed by atoms with van der Waals surface area (Å²) in [5, 5.41) is 6.38. The Labute approximate surface area is 227 Å². The molecule has 0 atom stereocenters. The second-order valence-corrected chi connectivity index (χ2v) is 10.8. The van der Waals surface area contributed by atoms with E-state index in [0.717, 1.165) is 0 Å². The first-order valence-corrected chi connectivity index (χ1v) is 13.8. The molecule has 0 aliphatic rings. The minimum atomic E-state index is 1.22. The summed E-state index contributed by atoms with van der Waals surface area (Å²) in [6.07, 6.45) is 2.03. The summed E-state index contributed by atoms with van der Waals surface area (Å²) in [6, 6.07) is 44.1. The average molecular weight is 503 g/mol. The van der Waals surface area contributed by atoms with Gasteiger partial charge in [0.25, 0.3) is 0 Å². The Hall–Kier alpha value is -4.46. The number of rotatable bonds is 4. The molecule has 0 N–H and O–H groups in total. The first-order chi connectivity index (χ1) is 18.7. The van der Waals surface area contributed by atoms with Crippen LogP contribution in [0.1, 0.15) is 11.1 Å². The Balaban J connectivity index is 1.55. The molecule has 0 radical (unpaired) electrons. The molecule has 0 bridgehead atoms. The van der Waals surface area contributed by atoms with Crippen LogP contribution >= 0.6 is 11.3 Å². The minimum absolute atomic E-state index is 1.22. The van der Waals surface area contributed by atoms with E-state index in [1.54, 1.807) is 0 Å². The predicted molar refractivity (Wildman–Crippen MR) is 168 cm³/mol. The number of hydrogen-bond donors (Lipinski definition) is 0. The molecule has 0 amide bonds. The molecule has 1 heteroatoms. The molecule has 1 heterocycles. The molecule has 7 rings (SSSR count). The van der Waals surface area contributed by atoms with E-state index >= 15 is 0 Å². The molecule has 0 unspecified atom stereocenters. The molecule has 0 saturated heterocycles. The number of benzene rings is 6. The summed E-state index contributed by atoms with van der Waals surface area (Å²) in [6.45, 7) is 6.41. The fourth-order valence-corrected chi connectivity index (χ4v) is 7.13. The van der Waals surface area contributed by atoms with Crippen molar-refractivity contribution < 1.29 is 0 Å². The molecule has 0 aliphatic carbocycles. The number of thiophene rings is 1. The first kappa shape index (κ1) is 22.7. The number of hydrogen-bond acceptors (Lipinski definition) is 1. The van der Waals surface area contributed by atoms with Gasteiger partial charge in [-0.25, -0.2) is 0 Å². The van der Waals surface area contributed by atoms with E-state index in [2.05, 4.69) is 135 Å². The summed E-state index contributed by atoms with van der Waals surface area (Å²) < 4.78 is 1.29. The van der Waals surface area contributed by atoms with Crippen molar-refractivity contribution in [3.63, 3.8) is 0 Å². The molecule has 38 heavy (non-hydrogen) atoms.